The van der Waals surface area contributed by atoms with Gasteiger partial charge in [0.25, 0.3) is 0 Å². The summed E-state index contributed by atoms with van der Waals surface area (Å²) in [4.78, 5) is 11.0. The summed E-state index contributed by atoms with van der Waals surface area (Å²) in [6, 6.07) is 19.6. The van der Waals surface area contributed by atoms with Crippen LogP contribution in [-0.4, -0.2) is 18.9 Å². The molecule has 0 unspecified atom stereocenters. The Labute approximate surface area is 130 Å². The molecule has 0 aliphatic heterocycles. The van der Waals surface area contributed by atoms with Gasteiger partial charge >= 0.3 is 5.97 Å². The number of rotatable bonds is 8. The van der Waals surface area contributed by atoms with Crippen LogP contribution in [0.2, 0.25) is 0 Å². The Bertz CT molecular complexity index is 510. The first kappa shape index (κ1) is 16.2. The van der Waals surface area contributed by atoms with E-state index in [1.54, 1.807) is 0 Å². The van der Waals surface area contributed by atoms with Crippen molar-refractivity contribution < 1.29 is 19.0 Å². The third-order valence-electron chi connectivity index (χ3n) is 2.98. The van der Waals surface area contributed by atoms with E-state index in [0.717, 1.165) is 11.1 Å². The lowest BCUT2D eigenvalue weighted by Gasteiger charge is -2.18. The molecular formula is C18H20O4. The number of carbonyl (C=O) groups is 1. The second-order valence-corrected chi connectivity index (χ2v) is 4.83. The van der Waals surface area contributed by atoms with Gasteiger partial charge in [-0.3, -0.25) is 4.79 Å². The van der Waals surface area contributed by atoms with Gasteiger partial charge in [0.2, 0.25) is 0 Å². The van der Waals surface area contributed by atoms with Crippen LogP contribution in [0.1, 0.15) is 18.1 Å². The molecule has 0 aliphatic carbocycles. The average molecular weight is 300 g/mol. The number of ether oxygens (including phenoxy) is 3. The predicted molar refractivity (Wildman–Crippen MR) is 82.9 cm³/mol. The van der Waals surface area contributed by atoms with Crippen LogP contribution >= 0.6 is 0 Å². The summed E-state index contributed by atoms with van der Waals surface area (Å²) in [5.41, 5.74) is 2.08. The molecule has 0 fully saturated rings. The molecule has 0 aliphatic rings. The standard InChI is InChI=1S/C18H20O4/c1-15(19)20-14-18(21-12-16-8-4-2-5-9-16)22-13-17-10-6-3-7-11-17/h2-11,18H,12-14H2,1H3. The third kappa shape index (κ3) is 6.08. The molecule has 0 bridgehead atoms. The fourth-order valence-corrected chi connectivity index (χ4v) is 1.86. The largest absolute Gasteiger partial charge is 0.460 e. The van der Waals surface area contributed by atoms with Crippen LogP contribution < -0.4 is 0 Å². The van der Waals surface area contributed by atoms with E-state index in [0.29, 0.717) is 13.2 Å². The van der Waals surface area contributed by atoms with Crippen LogP contribution in [0.3, 0.4) is 0 Å². The molecule has 0 spiro atoms. The normalized spacial score (nSPS) is 10.6. The van der Waals surface area contributed by atoms with Crippen molar-refractivity contribution in [2.24, 2.45) is 0 Å². The third-order valence-corrected chi connectivity index (χ3v) is 2.98. The van der Waals surface area contributed by atoms with Crippen molar-refractivity contribution in [1.82, 2.24) is 0 Å². The van der Waals surface area contributed by atoms with Gasteiger partial charge in [0.05, 0.1) is 13.2 Å². The van der Waals surface area contributed by atoms with Gasteiger partial charge in [0.15, 0.2) is 6.29 Å². The maximum absolute atomic E-state index is 11.0. The molecule has 116 valence electrons. The van der Waals surface area contributed by atoms with E-state index in [1.165, 1.54) is 6.92 Å². The topological polar surface area (TPSA) is 44.8 Å². The first-order valence-electron chi connectivity index (χ1n) is 7.18. The lowest BCUT2D eigenvalue weighted by molar-refractivity contribution is -0.190. The molecule has 0 heterocycles. The molecule has 2 aromatic carbocycles. The second kappa shape index (κ2) is 8.97. The Morgan fingerprint density at radius 3 is 1.73 bits per heavy atom. The van der Waals surface area contributed by atoms with Crippen molar-refractivity contribution in [2.75, 3.05) is 6.61 Å². The fourth-order valence-electron chi connectivity index (χ4n) is 1.86. The number of hydrogen-bond donors (Lipinski definition) is 0. The lowest BCUT2D eigenvalue weighted by atomic mass is 10.2. The van der Waals surface area contributed by atoms with Gasteiger partial charge in [0.1, 0.15) is 6.61 Å². The quantitative estimate of drug-likeness (QED) is 0.554. The van der Waals surface area contributed by atoms with Crippen LogP contribution in [0.5, 0.6) is 0 Å². The van der Waals surface area contributed by atoms with E-state index in [2.05, 4.69) is 0 Å². The highest BCUT2D eigenvalue weighted by molar-refractivity contribution is 5.65. The molecule has 4 nitrogen and oxygen atoms in total. The summed E-state index contributed by atoms with van der Waals surface area (Å²) in [6.45, 7) is 2.25. The minimum absolute atomic E-state index is 0.0784. The molecule has 0 N–H and O–H groups in total. The highest BCUT2D eigenvalue weighted by Gasteiger charge is 2.12. The Morgan fingerprint density at radius 2 is 1.32 bits per heavy atom. The number of esters is 1. The molecule has 2 rings (SSSR count). The fraction of sp³-hybridized carbons (Fsp3) is 0.278. The number of carbonyl (C=O) groups excluding carboxylic acids is 1. The molecule has 2 aromatic rings. The van der Waals surface area contributed by atoms with E-state index in [4.69, 9.17) is 14.2 Å². The maximum Gasteiger partial charge on any atom is 0.302 e. The summed E-state index contributed by atoms with van der Waals surface area (Å²) in [6.07, 6.45) is -0.593. The molecular weight excluding hydrogens is 280 g/mol. The van der Waals surface area contributed by atoms with E-state index < -0.39 is 6.29 Å². The Morgan fingerprint density at radius 1 is 0.864 bits per heavy atom. The zero-order valence-corrected chi connectivity index (χ0v) is 12.6. The Balaban J connectivity index is 1.86. The van der Waals surface area contributed by atoms with Crippen molar-refractivity contribution in [2.45, 2.75) is 26.4 Å². The van der Waals surface area contributed by atoms with E-state index in [9.17, 15) is 4.79 Å². The zero-order valence-electron chi connectivity index (χ0n) is 12.6. The molecule has 0 amide bonds. The highest BCUT2D eigenvalue weighted by atomic mass is 16.7. The van der Waals surface area contributed by atoms with Gasteiger partial charge in [-0.15, -0.1) is 0 Å². The van der Waals surface area contributed by atoms with Crippen LogP contribution in [0.25, 0.3) is 0 Å². The summed E-state index contributed by atoms with van der Waals surface area (Å²) in [5.74, 6) is -0.350. The molecule has 0 saturated carbocycles. The summed E-state index contributed by atoms with van der Waals surface area (Å²) in [5, 5.41) is 0. The van der Waals surface area contributed by atoms with E-state index >= 15 is 0 Å². The lowest BCUT2D eigenvalue weighted by Crippen LogP contribution is -2.24. The smallest absolute Gasteiger partial charge is 0.302 e. The predicted octanol–water partition coefficient (Wildman–Crippen LogP) is 3.31. The van der Waals surface area contributed by atoms with Gasteiger partial charge in [-0.05, 0) is 11.1 Å². The van der Waals surface area contributed by atoms with Crippen molar-refractivity contribution in [3.05, 3.63) is 71.8 Å². The Hall–Kier alpha value is -2.17. The number of hydrogen-bond acceptors (Lipinski definition) is 4. The van der Waals surface area contributed by atoms with Gasteiger partial charge in [-0.1, -0.05) is 60.7 Å². The first-order chi connectivity index (χ1) is 10.7. The number of benzene rings is 2. The van der Waals surface area contributed by atoms with Gasteiger partial charge in [0, 0.05) is 6.92 Å². The molecule has 0 radical (unpaired) electrons. The van der Waals surface area contributed by atoms with Crippen LogP contribution in [0.15, 0.2) is 60.7 Å². The average Bonchev–Trinajstić information content (AvgIpc) is 2.56. The first-order valence-corrected chi connectivity index (χ1v) is 7.18. The monoisotopic (exact) mass is 300 g/mol. The zero-order chi connectivity index (χ0) is 15.6. The SMILES string of the molecule is CC(=O)OCC(OCc1ccccc1)OCc1ccccc1. The van der Waals surface area contributed by atoms with Crippen molar-refractivity contribution in [1.29, 1.82) is 0 Å². The van der Waals surface area contributed by atoms with E-state index in [1.807, 2.05) is 60.7 Å². The highest BCUT2D eigenvalue weighted by Crippen LogP contribution is 2.08. The van der Waals surface area contributed by atoms with E-state index in [-0.39, 0.29) is 12.6 Å². The van der Waals surface area contributed by atoms with Crippen LogP contribution in [0.4, 0.5) is 0 Å². The van der Waals surface area contributed by atoms with Crippen LogP contribution in [-0.2, 0) is 32.2 Å². The molecule has 0 aromatic heterocycles. The minimum atomic E-state index is -0.593. The van der Waals surface area contributed by atoms with Crippen molar-refractivity contribution in [3.63, 3.8) is 0 Å². The molecule has 0 atom stereocenters. The summed E-state index contributed by atoms with van der Waals surface area (Å²) < 4.78 is 16.4. The maximum atomic E-state index is 11.0. The Kier molecular flexibility index (Phi) is 6.61. The van der Waals surface area contributed by atoms with Crippen molar-refractivity contribution >= 4 is 5.97 Å². The van der Waals surface area contributed by atoms with Crippen LogP contribution in [0, 0.1) is 0 Å². The molecule has 22 heavy (non-hydrogen) atoms. The minimum Gasteiger partial charge on any atom is -0.460 e. The molecule has 4 heteroatoms. The van der Waals surface area contributed by atoms with Gasteiger partial charge in [-0.25, -0.2) is 0 Å². The van der Waals surface area contributed by atoms with Gasteiger partial charge in [-0.2, -0.15) is 0 Å². The summed E-state index contributed by atoms with van der Waals surface area (Å²) in [7, 11) is 0. The molecule has 0 saturated heterocycles. The second-order valence-electron chi connectivity index (χ2n) is 4.83. The van der Waals surface area contributed by atoms with Gasteiger partial charge < -0.3 is 14.2 Å². The van der Waals surface area contributed by atoms with Crippen molar-refractivity contribution in [3.8, 4) is 0 Å². The summed E-state index contributed by atoms with van der Waals surface area (Å²) >= 11 is 0.